The summed E-state index contributed by atoms with van der Waals surface area (Å²) in [7, 11) is 1.78. The molecule has 0 fully saturated rings. The van der Waals surface area contributed by atoms with Crippen LogP contribution >= 0.6 is 11.3 Å². The Morgan fingerprint density at radius 2 is 1.96 bits per heavy atom. The van der Waals surface area contributed by atoms with Gasteiger partial charge >= 0.3 is 0 Å². The average molecular weight is 347 g/mol. The summed E-state index contributed by atoms with van der Waals surface area (Å²) in [4.78, 5) is 9.84. The van der Waals surface area contributed by atoms with Gasteiger partial charge in [0, 0.05) is 31.3 Å². The van der Waals surface area contributed by atoms with Crippen molar-refractivity contribution in [3.8, 4) is 0 Å². The molecule has 1 aromatic heterocycles. The van der Waals surface area contributed by atoms with Crippen LogP contribution < -0.4 is 10.6 Å². The van der Waals surface area contributed by atoms with Crippen LogP contribution in [-0.4, -0.2) is 24.6 Å². The van der Waals surface area contributed by atoms with E-state index in [1.165, 1.54) is 16.0 Å². The molecule has 0 radical (unpaired) electrons. The normalized spacial score (nSPS) is 11.5. The number of aromatic nitrogens is 1. The van der Waals surface area contributed by atoms with E-state index in [2.05, 4.69) is 52.7 Å². The number of ether oxygens (including phenoxy) is 1. The maximum atomic E-state index is 5.67. The largest absolute Gasteiger partial charge is 0.377 e. The van der Waals surface area contributed by atoms with Gasteiger partial charge in [0.1, 0.15) is 5.01 Å². The van der Waals surface area contributed by atoms with Crippen molar-refractivity contribution in [3.63, 3.8) is 0 Å². The van der Waals surface area contributed by atoms with E-state index in [1.54, 1.807) is 18.4 Å². The zero-order chi connectivity index (χ0) is 17.2. The Bertz CT molecular complexity index is 654. The molecule has 5 nitrogen and oxygen atoms in total. The van der Waals surface area contributed by atoms with Gasteiger partial charge in [-0.3, -0.25) is 4.99 Å². The maximum Gasteiger partial charge on any atom is 0.191 e. The number of guanidine groups is 1. The molecule has 6 heteroatoms. The van der Waals surface area contributed by atoms with Crippen molar-refractivity contribution in [1.82, 2.24) is 15.6 Å². The zero-order valence-corrected chi connectivity index (χ0v) is 15.4. The number of aliphatic imine (C=N–C) groups is 1. The van der Waals surface area contributed by atoms with E-state index in [1.807, 2.05) is 12.3 Å². The van der Waals surface area contributed by atoms with E-state index in [9.17, 15) is 0 Å². The lowest BCUT2D eigenvalue weighted by Gasteiger charge is -2.14. The van der Waals surface area contributed by atoms with E-state index in [-0.39, 0.29) is 0 Å². The lowest BCUT2D eigenvalue weighted by Crippen LogP contribution is -2.36. The van der Waals surface area contributed by atoms with Crippen LogP contribution in [0.5, 0.6) is 0 Å². The predicted molar refractivity (Wildman–Crippen MR) is 100 cm³/mol. The van der Waals surface area contributed by atoms with Crippen LogP contribution in [0.1, 0.15) is 34.4 Å². The highest BCUT2D eigenvalue weighted by atomic mass is 32.1. The number of benzene rings is 1. The molecule has 2 aromatic rings. The standard InChI is InChI=1S/C18H26N4OS/c1-4-9-23-13-16-8-6-5-7-15(16)11-21-18(19-3)22-12-17-20-10-14(2)24-17/h5-8,10H,4,9,11-13H2,1-3H3,(H2,19,21,22). The summed E-state index contributed by atoms with van der Waals surface area (Å²) in [6.45, 7) is 7.01. The molecule has 2 rings (SSSR count). The quantitative estimate of drug-likeness (QED) is 0.438. The van der Waals surface area contributed by atoms with Crippen LogP contribution in [0, 0.1) is 6.92 Å². The zero-order valence-electron chi connectivity index (χ0n) is 14.6. The van der Waals surface area contributed by atoms with Crippen LogP contribution in [0.2, 0.25) is 0 Å². The van der Waals surface area contributed by atoms with Crippen molar-refractivity contribution in [1.29, 1.82) is 0 Å². The number of nitrogens with one attached hydrogen (secondary N) is 2. The first-order chi connectivity index (χ1) is 11.7. The minimum atomic E-state index is 0.649. The molecule has 130 valence electrons. The summed E-state index contributed by atoms with van der Waals surface area (Å²) in [6, 6.07) is 8.33. The minimum absolute atomic E-state index is 0.649. The van der Waals surface area contributed by atoms with Gasteiger partial charge in [-0.1, -0.05) is 31.2 Å². The second-order valence-corrected chi connectivity index (χ2v) is 6.78. The first-order valence-electron chi connectivity index (χ1n) is 8.23. The Morgan fingerprint density at radius 1 is 1.21 bits per heavy atom. The van der Waals surface area contributed by atoms with E-state index in [4.69, 9.17) is 4.74 Å². The van der Waals surface area contributed by atoms with Crippen molar-refractivity contribution in [2.45, 2.75) is 40.0 Å². The summed E-state index contributed by atoms with van der Waals surface area (Å²) < 4.78 is 5.67. The molecule has 0 aliphatic rings. The minimum Gasteiger partial charge on any atom is -0.377 e. The van der Waals surface area contributed by atoms with Crippen LogP contribution in [0.15, 0.2) is 35.5 Å². The van der Waals surface area contributed by atoms with Gasteiger partial charge in [-0.25, -0.2) is 4.98 Å². The molecule has 1 heterocycles. The lowest BCUT2D eigenvalue weighted by molar-refractivity contribution is 0.121. The van der Waals surface area contributed by atoms with E-state index >= 15 is 0 Å². The Morgan fingerprint density at radius 3 is 2.62 bits per heavy atom. The van der Waals surface area contributed by atoms with E-state index in [0.717, 1.165) is 24.0 Å². The fraction of sp³-hybridized carbons (Fsp3) is 0.444. The second kappa shape index (κ2) is 10.1. The third kappa shape index (κ3) is 5.94. The number of aryl methyl sites for hydroxylation is 1. The fourth-order valence-electron chi connectivity index (χ4n) is 2.24. The van der Waals surface area contributed by atoms with Crippen LogP contribution in [-0.2, 0) is 24.4 Å². The van der Waals surface area contributed by atoms with Crippen LogP contribution in [0.3, 0.4) is 0 Å². The molecule has 0 aliphatic heterocycles. The van der Waals surface area contributed by atoms with Gasteiger partial charge < -0.3 is 15.4 Å². The van der Waals surface area contributed by atoms with Gasteiger partial charge in [-0.15, -0.1) is 11.3 Å². The van der Waals surface area contributed by atoms with Crippen LogP contribution in [0.4, 0.5) is 0 Å². The molecule has 0 atom stereocenters. The Labute approximate surface area is 148 Å². The van der Waals surface area contributed by atoms with Gasteiger partial charge in [0.2, 0.25) is 0 Å². The van der Waals surface area contributed by atoms with E-state index in [0.29, 0.717) is 19.7 Å². The van der Waals surface area contributed by atoms with Crippen molar-refractivity contribution in [2.75, 3.05) is 13.7 Å². The molecule has 0 amide bonds. The number of rotatable bonds is 8. The molecule has 1 aromatic carbocycles. The molecular weight excluding hydrogens is 320 g/mol. The second-order valence-electron chi connectivity index (χ2n) is 5.47. The van der Waals surface area contributed by atoms with Crippen molar-refractivity contribution in [3.05, 3.63) is 51.5 Å². The van der Waals surface area contributed by atoms with Crippen molar-refractivity contribution in [2.24, 2.45) is 4.99 Å². The Kier molecular flexibility index (Phi) is 7.71. The van der Waals surface area contributed by atoms with Gasteiger partial charge in [-0.2, -0.15) is 0 Å². The molecule has 0 saturated carbocycles. The molecule has 0 unspecified atom stereocenters. The molecule has 2 N–H and O–H groups in total. The van der Waals surface area contributed by atoms with Crippen molar-refractivity contribution >= 4 is 17.3 Å². The highest BCUT2D eigenvalue weighted by molar-refractivity contribution is 7.11. The predicted octanol–water partition coefficient (Wildman–Crippen LogP) is 3.24. The van der Waals surface area contributed by atoms with Gasteiger partial charge in [0.25, 0.3) is 0 Å². The number of nitrogens with zero attached hydrogens (tertiary/aromatic N) is 2. The molecule has 0 bridgehead atoms. The summed E-state index contributed by atoms with van der Waals surface area (Å²) in [5.41, 5.74) is 2.44. The third-order valence-electron chi connectivity index (χ3n) is 3.47. The van der Waals surface area contributed by atoms with E-state index < -0.39 is 0 Å². The molecule has 0 saturated heterocycles. The molecule has 24 heavy (non-hydrogen) atoms. The number of hydrogen-bond donors (Lipinski definition) is 2. The lowest BCUT2D eigenvalue weighted by atomic mass is 10.1. The Balaban J connectivity index is 1.86. The summed E-state index contributed by atoms with van der Waals surface area (Å²) >= 11 is 1.70. The smallest absolute Gasteiger partial charge is 0.191 e. The Hall–Kier alpha value is -1.92. The first kappa shape index (κ1) is 18.4. The van der Waals surface area contributed by atoms with Gasteiger partial charge in [0.15, 0.2) is 5.96 Å². The van der Waals surface area contributed by atoms with Crippen LogP contribution in [0.25, 0.3) is 0 Å². The fourth-order valence-corrected chi connectivity index (χ4v) is 2.97. The first-order valence-corrected chi connectivity index (χ1v) is 9.05. The molecular formula is C18H26N4OS. The topological polar surface area (TPSA) is 58.5 Å². The number of hydrogen-bond acceptors (Lipinski definition) is 4. The average Bonchev–Trinajstić information content (AvgIpc) is 3.02. The monoisotopic (exact) mass is 346 g/mol. The summed E-state index contributed by atoms with van der Waals surface area (Å²) in [5, 5.41) is 7.71. The third-order valence-corrected chi connectivity index (χ3v) is 4.38. The van der Waals surface area contributed by atoms with Crippen molar-refractivity contribution < 1.29 is 4.74 Å². The maximum absolute atomic E-state index is 5.67. The molecule has 0 spiro atoms. The molecule has 0 aliphatic carbocycles. The van der Waals surface area contributed by atoms with Gasteiger partial charge in [-0.05, 0) is 24.5 Å². The summed E-state index contributed by atoms with van der Waals surface area (Å²) in [5.74, 6) is 0.770. The van der Waals surface area contributed by atoms with Gasteiger partial charge in [0.05, 0.1) is 13.2 Å². The highest BCUT2D eigenvalue weighted by Crippen LogP contribution is 2.11. The number of thiazole rings is 1. The highest BCUT2D eigenvalue weighted by Gasteiger charge is 2.05. The summed E-state index contributed by atoms with van der Waals surface area (Å²) in [6.07, 6.45) is 2.93. The SMILES string of the molecule is CCCOCc1ccccc1CNC(=NC)NCc1ncc(C)s1.